The van der Waals surface area contributed by atoms with Crippen LogP contribution in [-0.4, -0.2) is 25.1 Å². The van der Waals surface area contributed by atoms with Gasteiger partial charge in [-0.3, -0.25) is 9.69 Å². The van der Waals surface area contributed by atoms with Crippen LogP contribution in [0.3, 0.4) is 0 Å². The third kappa shape index (κ3) is 4.89. The van der Waals surface area contributed by atoms with Gasteiger partial charge in [-0.05, 0) is 48.7 Å². The van der Waals surface area contributed by atoms with E-state index in [1.54, 1.807) is 35.2 Å². The van der Waals surface area contributed by atoms with Crippen LogP contribution in [0.1, 0.15) is 23.1 Å². The molecule has 0 saturated heterocycles. The van der Waals surface area contributed by atoms with E-state index in [0.29, 0.717) is 11.7 Å². The topological polar surface area (TPSA) is 67.3 Å². The van der Waals surface area contributed by atoms with Crippen LogP contribution in [0.5, 0.6) is 0 Å². The molecule has 7 heteroatoms. The van der Waals surface area contributed by atoms with Crippen molar-refractivity contribution in [3.05, 3.63) is 89.5 Å². The molecule has 0 aliphatic rings. The van der Waals surface area contributed by atoms with Crippen molar-refractivity contribution in [1.82, 2.24) is 4.98 Å². The van der Waals surface area contributed by atoms with E-state index in [1.165, 1.54) is 11.3 Å². The van der Waals surface area contributed by atoms with Gasteiger partial charge >= 0.3 is 0 Å². The average molecular weight is 465 g/mol. The molecular weight excluding hydrogens is 440 g/mol. The number of rotatable bonds is 7. The quantitative estimate of drug-likeness (QED) is 0.372. The predicted octanol–water partition coefficient (Wildman–Crippen LogP) is 5.31. The Morgan fingerprint density at radius 2 is 1.62 bits per heavy atom. The number of thiazole rings is 1. The number of nitrogens with zero attached hydrogens (tertiary/aromatic N) is 2. The van der Waals surface area contributed by atoms with Crippen LogP contribution in [0.15, 0.2) is 77.7 Å². The highest BCUT2D eigenvalue weighted by Gasteiger charge is 2.24. The molecule has 32 heavy (non-hydrogen) atoms. The molecule has 0 saturated carbocycles. The number of aromatic nitrogens is 1. The zero-order valence-electron chi connectivity index (χ0n) is 18.0. The second-order valence-electron chi connectivity index (χ2n) is 7.77. The molecule has 0 bridgehead atoms. The molecule has 4 aromatic rings. The van der Waals surface area contributed by atoms with E-state index in [-0.39, 0.29) is 23.0 Å². The van der Waals surface area contributed by atoms with Crippen LogP contribution >= 0.6 is 11.3 Å². The fraction of sp³-hybridized carbons (Fsp3) is 0.200. The summed E-state index contributed by atoms with van der Waals surface area (Å²) in [5, 5.41) is 0.583. The van der Waals surface area contributed by atoms with Crippen LogP contribution in [0.25, 0.3) is 10.2 Å². The van der Waals surface area contributed by atoms with Crippen LogP contribution in [0.4, 0.5) is 5.13 Å². The standard InChI is InChI=1S/C25H24N2O3S2/c1-18-15-19(2)24-22(16-18)31-25(26-24)27(17-20-9-5-3-6-10-20)23(28)13-14-32(29,30)21-11-7-4-8-12-21/h3-12,15-16H,13-14,17H2,1-2H3. The van der Waals surface area contributed by atoms with Crippen molar-refractivity contribution in [3.8, 4) is 0 Å². The molecule has 164 valence electrons. The van der Waals surface area contributed by atoms with E-state index in [9.17, 15) is 13.2 Å². The van der Waals surface area contributed by atoms with E-state index in [1.807, 2.05) is 44.2 Å². The van der Waals surface area contributed by atoms with Crippen molar-refractivity contribution in [1.29, 1.82) is 0 Å². The van der Waals surface area contributed by atoms with Gasteiger partial charge in [0.15, 0.2) is 15.0 Å². The molecule has 0 N–H and O–H groups in total. The first-order chi connectivity index (χ1) is 15.3. The Morgan fingerprint density at radius 3 is 2.31 bits per heavy atom. The number of anilines is 1. The van der Waals surface area contributed by atoms with Crippen LogP contribution in [0.2, 0.25) is 0 Å². The van der Waals surface area contributed by atoms with Gasteiger partial charge in [-0.25, -0.2) is 13.4 Å². The summed E-state index contributed by atoms with van der Waals surface area (Å²) in [6.07, 6.45) is -0.113. The summed E-state index contributed by atoms with van der Waals surface area (Å²) in [6, 6.07) is 22.0. The maximum Gasteiger partial charge on any atom is 0.230 e. The highest BCUT2D eigenvalue weighted by molar-refractivity contribution is 7.91. The zero-order chi connectivity index (χ0) is 22.7. The fourth-order valence-corrected chi connectivity index (χ4v) is 6.01. The Morgan fingerprint density at radius 1 is 0.969 bits per heavy atom. The van der Waals surface area contributed by atoms with Crippen molar-refractivity contribution in [2.75, 3.05) is 10.7 Å². The number of hydrogen-bond acceptors (Lipinski definition) is 5. The maximum atomic E-state index is 13.3. The highest BCUT2D eigenvalue weighted by atomic mass is 32.2. The lowest BCUT2D eigenvalue weighted by Gasteiger charge is -2.20. The van der Waals surface area contributed by atoms with Gasteiger partial charge in [0, 0.05) is 6.42 Å². The highest BCUT2D eigenvalue weighted by Crippen LogP contribution is 2.33. The Balaban J connectivity index is 1.64. The lowest BCUT2D eigenvalue weighted by atomic mass is 10.1. The van der Waals surface area contributed by atoms with Crippen LogP contribution < -0.4 is 4.90 Å². The molecule has 1 aromatic heterocycles. The third-order valence-electron chi connectivity index (χ3n) is 5.22. The SMILES string of the molecule is Cc1cc(C)c2nc(N(Cc3ccccc3)C(=O)CCS(=O)(=O)c3ccccc3)sc2c1. The lowest BCUT2D eigenvalue weighted by molar-refractivity contribution is -0.118. The number of aryl methyl sites for hydroxylation is 2. The zero-order valence-corrected chi connectivity index (χ0v) is 19.6. The van der Waals surface area contributed by atoms with Crippen molar-refractivity contribution in [2.24, 2.45) is 0 Å². The fourth-order valence-electron chi connectivity index (χ4n) is 3.61. The van der Waals surface area contributed by atoms with Gasteiger partial charge in [-0.15, -0.1) is 0 Å². The summed E-state index contributed by atoms with van der Waals surface area (Å²) in [7, 11) is -3.55. The minimum Gasteiger partial charge on any atom is -0.284 e. The summed E-state index contributed by atoms with van der Waals surface area (Å²) < 4.78 is 26.4. The Labute approximate surface area is 192 Å². The molecule has 1 heterocycles. The smallest absolute Gasteiger partial charge is 0.230 e. The number of sulfone groups is 1. The van der Waals surface area contributed by atoms with E-state index in [4.69, 9.17) is 4.98 Å². The number of benzene rings is 3. The predicted molar refractivity (Wildman–Crippen MR) is 130 cm³/mol. The number of amides is 1. The third-order valence-corrected chi connectivity index (χ3v) is 7.98. The van der Waals surface area contributed by atoms with E-state index in [0.717, 1.165) is 26.9 Å². The molecule has 5 nitrogen and oxygen atoms in total. The molecule has 0 fully saturated rings. The minimum absolute atomic E-state index is 0.113. The molecule has 0 unspecified atom stereocenters. The maximum absolute atomic E-state index is 13.3. The monoisotopic (exact) mass is 464 g/mol. The molecule has 4 rings (SSSR count). The number of carbonyl (C=O) groups is 1. The van der Waals surface area contributed by atoms with Crippen molar-refractivity contribution in [2.45, 2.75) is 31.7 Å². The molecule has 0 spiro atoms. The Kier molecular flexibility index (Phi) is 6.39. The Bertz CT molecular complexity index is 1350. The van der Waals surface area contributed by atoms with Crippen molar-refractivity contribution < 1.29 is 13.2 Å². The molecule has 0 aliphatic carbocycles. The molecule has 0 aliphatic heterocycles. The van der Waals surface area contributed by atoms with E-state index in [2.05, 4.69) is 12.1 Å². The summed E-state index contributed by atoms with van der Waals surface area (Å²) in [4.78, 5) is 19.9. The molecule has 1 amide bonds. The molecule has 0 radical (unpaired) electrons. The minimum atomic E-state index is -3.55. The number of fused-ring (bicyclic) bond motifs is 1. The number of carbonyl (C=O) groups excluding carboxylic acids is 1. The lowest BCUT2D eigenvalue weighted by Crippen LogP contribution is -2.31. The second kappa shape index (κ2) is 9.22. The molecule has 0 atom stereocenters. The first-order valence-corrected chi connectivity index (χ1v) is 12.8. The average Bonchev–Trinajstić information content (AvgIpc) is 3.21. The largest absolute Gasteiger partial charge is 0.284 e. The first kappa shape index (κ1) is 22.2. The van der Waals surface area contributed by atoms with E-state index < -0.39 is 9.84 Å². The van der Waals surface area contributed by atoms with E-state index >= 15 is 0 Å². The number of hydrogen-bond donors (Lipinski definition) is 0. The van der Waals surface area contributed by atoms with Gasteiger partial charge < -0.3 is 0 Å². The summed E-state index contributed by atoms with van der Waals surface area (Å²) in [5.41, 5.74) is 4.03. The van der Waals surface area contributed by atoms with Gasteiger partial charge in [-0.1, -0.05) is 65.9 Å². The van der Waals surface area contributed by atoms with Gasteiger partial charge in [-0.2, -0.15) is 0 Å². The summed E-state index contributed by atoms with van der Waals surface area (Å²) >= 11 is 1.46. The van der Waals surface area contributed by atoms with Gasteiger partial charge in [0.2, 0.25) is 5.91 Å². The second-order valence-corrected chi connectivity index (χ2v) is 10.9. The Hall–Kier alpha value is -3.03. The first-order valence-electron chi connectivity index (χ1n) is 10.3. The normalized spacial score (nSPS) is 11.6. The van der Waals surface area contributed by atoms with Crippen LogP contribution in [0, 0.1) is 13.8 Å². The van der Waals surface area contributed by atoms with Gasteiger partial charge in [0.1, 0.15) is 0 Å². The van der Waals surface area contributed by atoms with Gasteiger partial charge in [0.25, 0.3) is 0 Å². The molecular formula is C25H24N2O3S2. The molecule has 3 aromatic carbocycles. The van der Waals surface area contributed by atoms with Gasteiger partial charge in [0.05, 0.1) is 27.4 Å². The van der Waals surface area contributed by atoms with Crippen molar-refractivity contribution >= 4 is 42.4 Å². The summed E-state index contributed by atoms with van der Waals surface area (Å²) in [5.74, 6) is -0.508. The van der Waals surface area contributed by atoms with Crippen molar-refractivity contribution in [3.63, 3.8) is 0 Å². The summed E-state index contributed by atoms with van der Waals surface area (Å²) in [6.45, 7) is 4.38. The van der Waals surface area contributed by atoms with Crippen LogP contribution in [-0.2, 0) is 21.2 Å².